The molecular formula is C20H19F2N3O3S3. The molecule has 0 unspecified atom stereocenters. The third-order valence-corrected chi connectivity index (χ3v) is 8.81. The van der Waals surface area contributed by atoms with E-state index in [1.54, 1.807) is 11.8 Å². The van der Waals surface area contributed by atoms with E-state index in [4.69, 9.17) is 0 Å². The number of thiazole rings is 1. The molecule has 0 bridgehead atoms. The number of halogens is 2. The minimum absolute atomic E-state index is 0.0771. The number of nitrogens with one attached hydrogen (secondary N) is 1. The Balaban J connectivity index is 1.42. The van der Waals surface area contributed by atoms with Crippen molar-refractivity contribution in [2.75, 3.05) is 24.7 Å². The average Bonchev–Trinajstić information content (AvgIpc) is 3.16. The SMILES string of the molecule is CSc1cccc2sc(NC(=O)C3CCN(S(=O)(=O)c4ccc(F)cc4F)CC3)nc12. The summed E-state index contributed by atoms with van der Waals surface area (Å²) in [4.78, 5) is 17.7. The number of aromatic nitrogens is 1. The first kappa shape index (κ1) is 22.1. The van der Waals surface area contributed by atoms with Crippen molar-refractivity contribution in [2.45, 2.75) is 22.6 Å². The van der Waals surface area contributed by atoms with Crippen LogP contribution in [0.2, 0.25) is 0 Å². The smallest absolute Gasteiger partial charge is 0.245 e. The summed E-state index contributed by atoms with van der Waals surface area (Å²) in [7, 11) is -4.10. The predicted octanol–water partition coefficient (Wildman–Crippen LogP) is 4.34. The molecule has 1 aromatic heterocycles. The summed E-state index contributed by atoms with van der Waals surface area (Å²) in [5.74, 6) is -2.56. The zero-order chi connectivity index (χ0) is 22.2. The molecule has 0 aliphatic carbocycles. The Labute approximate surface area is 186 Å². The van der Waals surface area contributed by atoms with E-state index in [1.807, 2.05) is 24.5 Å². The first-order valence-corrected chi connectivity index (χ1v) is 13.0. The molecule has 2 heterocycles. The third kappa shape index (κ3) is 4.45. The van der Waals surface area contributed by atoms with Gasteiger partial charge in [-0.3, -0.25) is 4.79 Å². The number of amides is 1. The van der Waals surface area contributed by atoms with Crippen LogP contribution in [0.5, 0.6) is 0 Å². The molecule has 0 radical (unpaired) electrons. The van der Waals surface area contributed by atoms with Crippen LogP contribution in [-0.4, -0.2) is 43.0 Å². The number of carbonyl (C=O) groups excluding carboxylic acids is 1. The second kappa shape index (κ2) is 8.81. The van der Waals surface area contributed by atoms with E-state index >= 15 is 0 Å². The molecule has 1 N–H and O–H groups in total. The summed E-state index contributed by atoms with van der Waals surface area (Å²) in [6.45, 7) is 0.154. The highest BCUT2D eigenvalue weighted by Crippen LogP contribution is 2.33. The lowest BCUT2D eigenvalue weighted by Gasteiger charge is -2.30. The van der Waals surface area contributed by atoms with Gasteiger partial charge in [-0.1, -0.05) is 17.4 Å². The normalized spacial score (nSPS) is 16.0. The highest BCUT2D eigenvalue weighted by molar-refractivity contribution is 7.98. The Morgan fingerprint density at radius 1 is 1.23 bits per heavy atom. The Kier molecular flexibility index (Phi) is 6.29. The fourth-order valence-electron chi connectivity index (χ4n) is 3.53. The summed E-state index contributed by atoms with van der Waals surface area (Å²) in [5.41, 5.74) is 0.845. The molecule has 1 saturated heterocycles. The molecule has 0 spiro atoms. The molecular weight excluding hydrogens is 464 g/mol. The van der Waals surface area contributed by atoms with Gasteiger partial charge in [-0.2, -0.15) is 4.31 Å². The zero-order valence-corrected chi connectivity index (χ0v) is 18.9. The molecule has 4 rings (SSSR count). The molecule has 0 saturated carbocycles. The number of thioether (sulfide) groups is 1. The summed E-state index contributed by atoms with van der Waals surface area (Å²) in [5, 5.41) is 3.35. The van der Waals surface area contributed by atoms with E-state index in [0.717, 1.165) is 31.6 Å². The van der Waals surface area contributed by atoms with E-state index < -0.39 is 26.6 Å². The van der Waals surface area contributed by atoms with Gasteiger partial charge in [0.1, 0.15) is 16.5 Å². The number of carbonyl (C=O) groups is 1. The van der Waals surface area contributed by atoms with Crippen LogP contribution in [0, 0.1) is 17.6 Å². The topological polar surface area (TPSA) is 79.4 Å². The average molecular weight is 484 g/mol. The quantitative estimate of drug-likeness (QED) is 0.547. The largest absolute Gasteiger partial charge is 0.302 e. The van der Waals surface area contributed by atoms with Crippen molar-refractivity contribution in [3.63, 3.8) is 0 Å². The summed E-state index contributed by atoms with van der Waals surface area (Å²) in [6, 6.07) is 8.25. The second-order valence-electron chi connectivity index (χ2n) is 7.07. The standard InChI is InChI=1S/C20H19F2N3O3S3/c1-29-15-3-2-4-16-18(15)23-20(30-16)24-19(26)12-7-9-25(10-8-12)31(27,28)17-6-5-13(21)11-14(17)22/h2-6,11-12H,7-10H2,1H3,(H,23,24,26). The van der Waals surface area contributed by atoms with Crippen molar-refractivity contribution >= 4 is 54.4 Å². The number of rotatable bonds is 5. The van der Waals surface area contributed by atoms with Crippen LogP contribution in [0.1, 0.15) is 12.8 Å². The lowest BCUT2D eigenvalue weighted by molar-refractivity contribution is -0.120. The Hall–Kier alpha value is -2.08. The maximum atomic E-state index is 14.0. The number of piperidine rings is 1. The lowest BCUT2D eigenvalue weighted by Crippen LogP contribution is -2.41. The van der Waals surface area contributed by atoms with E-state index in [9.17, 15) is 22.0 Å². The van der Waals surface area contributed by atoms with Crippen LogP contribution in [0.25, 0.3) is 10.2 Å². The minimum Gasteiger partial charge on any atom is -0.302 e. The van der Waals surface area contributed by atoms with E-state index in [1.165, 1.54) is 11.3 Å². The fraction of sp³-hybridized carbons (Fsp3) is 0.300. The summed E-state index contributed by atoms with van der Waals surface area (Å²) >= 11 is 2.97. The molecule has 164 valence electrons. The number of nitrogens with zero attached hydrogens (tertiary/aromatic N) is 2. The van der Waals surface area contributed by atoms with Crippen molar-refractivity contribution < 1.29 is 22.0 Å². The number of hydrogen-bond acceptors (Lipinski definition) is 6. The van der Waals surface area contributed by atoms with Crippen LogP contribution in [-0.2, 0) is 14.8 Å². The number of anilines is 1. The second-order valence-corrected chi connectivity index (χ2v) is 10.9. The molecule has 1 aliphatic rings. The molecule has 1 amide bonds. The molecule has 1 fully saturated rings. The highest BCUT2D eigenvalue weighted by Gasteiger charge is 2.34. The number of benzene rings is 2. The van der Waals surface area contributed by atoms with Crippen LogP contribution in [0.3, 0.4) is 0 Å². The van der Waals surface area contributed by atoms with Gasteiger partial charge in [-0.05, 0) is 43.4 Å². The van der Waals surface area contributed by atoms with Gasteiger partial charge >= 0.3 is 0 Å². The summed E-state index contributed by atoms with van der Waals surface area (Å²) < 4.78 is 54.6. The zero-order valence-electron chi connectivity index (χ0n) is 16.5. The maximum absolute atomic E-state index is 14.0. The lowest BCUT2D eigenvalue weighted by atomic mass is 9.97. The van der Waals surface area contributed by atoms with Gasteiger partial charge in [-0.25, -0.2) is 22.2 Å². The van der Waals surface area contributed by atoms with Crippen molar-refractivity contribution in [2.24, 2.45) is 5.92 Å². The first-order valence-electron chi connectivity index (χ1n) is 9.49. The minimum atomic E-state index is -4.10. The number of sulfonamides is 1. The van der Waals surface area contributed by atoms with Gasteiger partial charge in [-0.15, -0.1) is 11.8 Å². The fourth-order valence-corrected chi connectivity index (χ4v) is 6.57. The third-order valence-electron chi connectivity index (χ3n) is 5.17. The molecule has 31 heavy (non-hydrogen) atoms. The number of hydrogen-bond donors (Lipinski definition) is 1. The Bertz CT molecular complexity index is 1240. The Morgan fingerprint density at radius 2 is 1.97 bits per heavy atom. The van der Waals surface area contributed by atoms with Gasteiger partial charge < -0.3 is 5.32 Å². The van der Waals surface area contributed by atoms with Crippen LogP contribution in [0.4, 0.5) is 13.9 Å². The first-order chi connectivity index (χ1) is 14.8. The molecule has 0 atom stereocenters. The highest BCUT2D eigenvalue weighted by atomic mass is 32.2. The number of fused-ring (bicyclic) bond motifs is 1. The van der Waals surface area contributed by atoms with Crippen molar-refractivity contribution in [3.8, 4) is 0 Å². The van der Waals surface area contributed by atoms with E-state index in [2.05, 4.69) is 10.3 Å². The summed E-state index contributed by atoms with van der Waals surface area (Å²) in [6.07, 6.45) is 2.57. The van der Waals surface area contributed by atoms with Crippen LogP contribution in [0.15, 0.2) is 46.2 Å². The number of para-hydroxylation sites is 1. The maximum Gasteiger partial charge on any atom is 0.245 e. The predicted molar refractivity (Wildman–Crippen MR) is 118 cm³/mol. The molecule has 2 aromatic carbocycles. The van der Waals surface area contributed by atoms with Crippen molar-refractivity contribution in [3.05, 3.63) is 48.0 Å². The van der Waals surface area contributed by atoms with Crippen LogP contribution < -0.4 is 5.32 Å². The Morgan fingerprint density at radius 3 is 2.65 bits per heavy atom. The van der Waals surface area contributed by atoms with Gasteiger partial charge in [0.25, 0.3) is 0 Å². The monoisotopic (exact) mass is 483 g/mol. The van der Waals surface area contributed by atoms with E-state index in [0.29, 0.717) is 24.0 Å². The van der Waals surface area contributed by atoms with Gasteiger partial charge in [0.05, 0.1) is 10.2 Å². The van der Waals surface area contributed by atoms with Crippen LogP contribution >= 0.6 is 23.1 Å². The van der Waals surface area contributed by atoms with E-state index in [-0.39, 0.29) is 24.9 Å². The molecule has 1 aliphatic heterocycles. The van der Waals surface area contributed by atoms with Crippen molar-refractivity contribution in [1.82, 2.24) is 9.29 Å². The molecule has 3 aromatic rings. The van der Waals surface area contributed by atoms with Gasteiger partial charge in [0.15, 0.2) is 5.13 Å². The van der Waals surface area contributed by atoms with Gasteiger partial charge in [0, 0.05) is 30.0 Å². The molecule has 6 nitrogen and oxygen atoms in total. The van der Waals surface area contributed by atoms with Crippen molar-refractivity contribution in [1.29, 1.82) is 0 Å². The molecule has 11 heteroatoms. The van der Waals surface area contributed by atoms with Gasteiger partial charge in [0.2, 0.25) is 15.9 Å².